The number of aryl methyl sites for hydroxylation is 1. The van der Waals surface area contributed by atoms with Gasteiger partial charge < -0.3 is 11.1 Å². The number of hydrogen-bond donors (Lipinski definition) is 2. The fourth-order valence-corrected chi connectivity index (χ4v) is 2.12. The molecule has 104 valence electrons. The molecule has 0 aliphatic heterocycles. The first-order valence-corrected chi connectivity index (χ1v) is 6.89. The number of para-hydroxylation sites is 1. The Labute approximate surface area is 124 Å². The van der Waals surface area contributed by atoms with E-state index in [2.05, 4.69) is 54.3 Å². The van der Waals surface area contributed by atoms with Gasteiger partial charge >= 0.3 is 0 Å². The fraction of sp³-hybridized carbons (Fsp3) is 0.267. The molecule has 3 N–H and O–H groups in total. The average Bonchev–Trinajstić information content (AvgIpc) is 2.41. The lowest BCUT2D eigenvalue weighted by Gasteiger charge is -2.16. The van der Waals surface area contributed by atoms with Gasteiger partial charge in [-0.15, -0.1) is 0 Å². The zero-order chi connectivity index (χ0) is 14.7. The van der Waals surface area contributed by atoms with E-state index in [1.807, 2.05) is 0 Å². The van der Waals surface area contributed by atoms with E-state index < -0.39 is 0 Å². The van der Waals surface area contributed by atoms with Crippen molar-refractivity contribution in [2.75, 3.05) is 5.32 Å². The maximum atomic E-state index is 5.60. The average molecular weight is 286 g/mol. The Hall–Kier alpha value is -2.01. The molecule has 0 spiro atoms. The minimum absolute atomic E-state index is 0.268. The van der Waals surface area contributed by atoms with Crippen molar-refractivity contribution in [3.63, 3.8) is 0 Å². The third-order valence-electron chi connectivity index (χ3n) is 3.07. The van der Waals surface area contributed by atoms with Crippen LogP contribution in [0.5, 0.6) is 0 Å². The summed E-state index contributed by atoms with van der Waals surface area (Å²) >= 11 is 4.94. The standard InChI is InChI=1S/C15H18N4S/c1-9(2)11-6-4-5-10(3)13(11)19-15-17-8-7-12(18-15)14(16)20/h4-9H,1-3H3,(H2,16,20)(H,17,18,19). The molecule has 0 unspecified atom stereocenters. The topological polar surface area (TPSA) is 63.8 Å². The molecule has 4 nitrogen and oxygen atoms in total. The van der Waals surface area contributed by atoms with Crippen LogP contribution in [-0.2, 0) is 0 Å². The smallest absolute Gasteiger partial charge is 0.227 e. The summed E-state index contributed by atoms with van der Waals surface area (Å²) in [5.74, 6) is 0.919. The number of aromatic nitrogens is 2. The Bertz CT molecular complexity index is 638. The van der Waals surface area contributed by atoms with Gasteiger partial charge in [0.15, 0.2) is 0 Å². The lowest BCUT2D eigenvalue weighted by atomic mass is 9.98. The van der Waals surface area contributed by atoms with E-state index in [0.717, 1.165) is 11.3 Å². The Balaban J connectivity index is 2.39. The summed E-state index contributed by atoms with van der Waals surface area (Å²) in [5, 5.41) is 3.28. The van der Waals surface area contributed by atoms with Crippen LogP contribution < -0.4 is 11.1 Å². The summed E-state index contributed by atoms with van der Waals surface area (Å²) < 4.78 is 0. The van der Waals surface area contributed by atoms with Crippen LogP contribution in [-0.4, -0.2) is 15.0 Å². The molecule has 0 saturated heterocycles. The summed E-state index contributed by atoms with van der Waals surface area (Å²) in [6, 6.07) is 7.93. The van der Waals surface area contributed by atoms with E-state index in [1.54, 1.807) is 12.3 Å². The lowest BCUT2D eigenvalue weighted by Crippen LogP contribution is -2.13. The molecule has 20 heavy (non-hydrogen) atoms. The number of thiocarbonyl (C=S) groups is 1. The van der Waals surface area contributed by atoms with Crippen molar-refractivity contribution in [2.45, 2.75) is 26.7 Å². The second-order valence-corrected chi connectivity index (χ2v) is 5.39. The van der Waals surface area contributed by atoms with Crippen molar-refractivity contribution >= 4 is 28.8 Å². The van der Waals surface area contributed by atoms with Crippen LogP contribution >= 0.6 is 12.2 Å². The van der Waals surface area contributed by atoms with Crippen LogP contribution in [0.3, 0.4) is 0 Å². The fourth-order valence-electron chi connectivity index (χ4n) is 2.01. The number of benzene rings is 1. The predicted molar refractivity (Wildman–Crippen MR) is 86.5 cm³/mol. The molecule has 1 heterocycles. The van der Waals surface area contributed by atoms with E-state index in [4.69, 9.17) is 18.0 Å². The highest BCUT2D eigenvalue weighted by Crippen LogP contribution is 2.29. The first kappa shape index (κ1) is 14.4. The first-order valence-electron chi connectivity index (χ1n) is 6.48. The zero-order valence-electron chi connectivity index (χ0n) is 11.8. The largest absolute Gasteiger partial charge is 0.388 e. The molecule has 2 rings (SSSR count). The Morgan fingerprint density at radius 3 is 2.70 bits per heavy atom. The molecule has 0 amide bonds. The zero-order valence-corrected chi connectivity index (χ0v) is 12.7. The minimum Gasteiger partial charge on any atom is -0.388 e. The van der Waals surface area contributed by atoms with E-state index >= 15 is 0 Å². The van der Waals surface area contributed by atoms with Crippen LogP contribution in [0.2, 0.25) is 0 Å². The molecule has 0 radical (unpaired) electrons. The van der Waals surface area contributed by atoms with Crippen molar-refractivity contribution in [3.05, 3.63) is 47.3 Å². The number of rotatable bonds is 4. The highest BCUT2D eigenvalue weighted by molar-refractivity contribution is 7.80. The van der Waals surface area contributed by atoms with Crippen molar-refractivity contribution in [2.24, 2.45) is 5.73 Å². The van der Waals surface area contributed by atoms with Crippen molar-refractivity contribution < 1.29 is 0 Å². The maximum Gasteiger partial charge on any atom is 0.227 e. The van der Waals surface area contributed by atoms with Crippen molar-refractivity contribution in [1.29, 1.82) is 0 Å². The molecular formula is C15H18N4S. The summed E-state index contributed by atoms with van der Waals surface area (Å²) in [4.78, 5) is 8.81. The van der Waals surface area contributed by atoms with Crippen LogP contribution in [0, 0.1) is 6.92 Å². The van der Waals surface area contributed by atoms with Gasteiger partial charge in [-0.3, -0.25) is 0 Å². The second-order valence-electron chi connectivity index (χ2n) is 4.95. The normalized spacial score (nSPS) is 10.6. The molecule has 0 fully saturated rings. The highest BCUT2D eigenvalue weighted by atomic mass is 32.1. The third kappa shape index (κ3) is 3.11. The second kappa shape index (κ2) is 5.96. The van der Waals surface area contributed by atoms with Crippen molar-refractivity contribution in [1.82, 2.24) is 9.97 Å². The molecular weight excluding hydrogens is 268 g/mol. The molecule has 5 heteroatoms. The Kier molecular flexibility index (Phi) is 4.29. The van der Waals surface area contributed by atoms with Crippen molar-refractivity contribution in [3.8, 4) is 0 Å². The van der Waals surface area contributed by atoms with E-state index in [9.17, 15) is 0 Å². The summed E-state index contributed by atoms with van der Waals surface area (Å²) in [7, 11) is 0. The lowest BCUT2D eigenvalue weighted by molar-refractivity contribution is 0.866. The molecule has 0 saturated carbocycles. The van der Waals surface area contributed by atoms with E-state index in [-0.39, 0.29) is 4.99 Å². The molecule has 0 aliphatic carbocycles. The molecule has 1 aromatic heterocycles. The molecule has 0 aliphatic rings. The van der Waals surface area contributed by atoms with Gasteiger partial charge in [0.2, 0.25) is 5.95 Å². The summed E-state index contributed by atoms with van der Waals surface area (Å²) in [6.45, 7) is 6.38. The van der Waals surface area contributed by atoms with Crippen LogP contribution in [0.4, 0.5) is 11.6 Å². The molecule has 0 atom stereocenters. The maximum absolute atomic E-state index is 5.60. The predicted octanol–water partition coefficient (Wildman–Crippen LogP) is 3.29. The van der Waals surface area contributed by atoms with Gasteiger partial charge in [-0.05, 0) is 30.0 Å². The van der Waals surface area contributed by atoms with Gasteiger partial charge in [-0.2, -0.15) is 0 Å². The van der Waals surface area contributed by atoms with Crippen LogP contribution in [0.25, 0.3) is 0 Å². The third-order valence-corrected chi connectivity index (χ3v) is 3.28. The van der Waals surface area contributed by atoms with Gasteiger partial charge in [0.25, 0.3) is 0 Å². The van der Waals surface area contributed by atoms with Gasteiger partial charge in [0, 0.05) is 11.9 Å². The Morgan fingerprint density at radius 1 is 1.30 bits per heavy atom. The summed E-state index contributed by atoms with van der Waals surface area (Å²) in [5.41, 5.74) is 9.59. The number of nitrogens with two attached hydrogens (primary N) is 1. The molecule has 1 aromatic carbocycles. The Morgan fingerprint density at radius 2 is 2.05 bits per heavy atom. The minimum atomic E-state index is 0.268. The van der Waals surface area contributed by atoms with Crippen LogP contribution in [0.1, 0.15) is 36.6 Å². The van der Waals surface area contributed by atoms with Crippen LogP contribution in [0.15, 0.2) is 30.5 Å². The SMILES string of the molecule is Cc1cccc(C(C)C)c1Nc1nccc(C(N)=S)n1. The number of nitrogens with zero attached hydrogens (tertiary/aromatic N) is 2. The number of anilines is 2. The van der Waals surface area contributed by atoms with E-state index in [0.29, 0.717) is 17.6 Å². The number of nitrogens with one attached hydrogen (secondary N) is 1. The molecule has 2 aromatic rings. The summed E-state index contributed by atoms with van der Waals surface area (Å²) in [6.07, 6.45) is 1.65. The monoisotopic (exact) mass is 286 g/mol. The highest BCUT2D eigenvalue weighted by Gasteiger charge is 2.10. The van der Waals surface area contributed by atoms with Gasteiger partial charge in [-0.1, -0.05) is 44.3 Å². The first-order chi connectivity index (χ1) is 9.49. The number of hydrogen-bond acceptors (Lipinski definition) is 4. The van der Waals surface area contributed by atoms with Gasteiger partial charge in [0.05, 0.1) is 0 Å². The van der Waals surface area contributed by atoms with E-state index in [1.165, 1.54) is 5.56 Å². The molecule has 0 bridgehead atoms. The van der Waals surface area contributed by atoms with Gasteiger partial charge in [-0.25, -0.2) is 9.97 Å². The van der Waals surface area contributed by atoms with Gasteiger partial charge in [0.1, 0.15) is 10.7 Å². The quantitative estimate of drug-likeness (QED) is 0.844.